The van der Waals surface area contributed by atoms with Gasteiger partial charge in [-0.3, -0.25) is 9.69 Å². The topological polar surface area (TPSA) is 82.2 Å². The van der Waals surface area contributed by atoms with E-state index in [0.29, 0.717) is 13.1 Å². The molecule has 1 N–H and O–H groups in total. The van der Waals surface area contributed by atoms with Gasteiger partial charge in [-0.1, -0.05) is 0 Å². The molecule has 2 rings (SSSR count). The molecule has 2 aliphatic heterocycles. The highest BCUT2D eigenvalue weighted by Crippen LogP contribution is 2.20. The summed E-state index contributed by atoms with van der Waals surface area (Å²) in [5.74, 6) is -0.285. The summed E-state index contributed by atoms with van der Waals surface area (Å²) in [7, 11) is -0.401. The predicted octanol–water partition coefficient (Wildman–Crippen LogP) is -0.657. The third-order valence-electron chi connectivity index (χ3n) is 4.60. The minimum atomic E-state index is -3.44. The zero-order valence-electron chi connectivity index (χ0n) is 14.7. The monoisotopic (exact) mass is 362 g/mol. The van der Waals surface area contributed by atoms with Crippen LogP contribution in [0.1, 0.15) is 19.3 Å². The van der Waals surface area contributed by atoms with Gasteiger partial charge in [-0.15, -0.1) is 0 Å². The summed E-state index contributed by atoms with van der Waals surface area (Å²) in [5, 5.41) is 2.96. The minimum absolute atomic E-state index is 0.0318. The molecular weight excluding hydrogens is 332 g/mol. The molecule has 140 valence electrons. The number of nitrogens with zero attached hydrogens (tertiary/aromatic N) is 3. The quantitative estimate of drug-likeness (QED) is 0.608. The summed E-state index contributed by atoms with van der Waals surface area (Å²) in [5.41, 5.74) is 0. The van der Waals surface area contributed by atoms with Crippen molar-refractivity contribution in [3.05, 3.63) is 0 Å². The molecule has 2 aliphatic rings. The molecule has 0 spiro atoms. The van der Waals surface area contributed by atoms with Gasteiger partial charge >= 0.3 is 0 Å². The van der Waals surface area contributed by atoms with E-state index in [4.69, 9.17) is 4.74 Å². The number of hydrogen-bond donors (Lipinski definition) is 1. The summed E-state index contributed by atoms with van der Waals surface area (Å²) >= 11 is 0. The van der Waals surface area contributed by atoms with Gasteiger partial charge in [-0.05, 0) is 25.8 Å². The molecule has 1 unspecified atom stereocenters. The number of morpholine rings is 1. The summed E-state index contributed by atoms with van der Waals surface area (Å²) in [6, 6.07) is 0. The molecule has 24 heavy (non-hydrogen) atoms. The molecular formula is C15H30N4O4S. The highest BCUT2D eigenvalue weighted by atomic mass is 32.2. The van der Waals surface area contributed by atoms with Gasteiger partial charge in [0.2, 0.25) is 5.91 Å². The average Bonchev–Trinajstić information content (AvgIpc) is 2.59. The average molecular weight is 362 g/mol. The number of piperidine rings is 1. The van der Waals surface area contributed by atoms with E-state index in [1.165, 1.54) is 22.7 Å². The Bertz CT molecular complexity index is 506. The minimum Gasteiger partial charge on any atom is -0.379 e. The number of amides is 1. The van der Waals surface area contributed by atoms with Crippen molar-refractivity contribution in [2.24, 2.45) is 5.92 Å². The Kier molecular flexibility index (Phi) is 7.42. The fraction of sp³-hybridized carbons (Fsp3) is 0.933. The number of carbonyl (C=O) groups excluding carboxylic acids is 1. The van der Waals surface area contributed by atoms with E-state index in [1.54, 1.807) is 0 Å². The van der Waals surface area contributed by atoms with Crippen molar-refractivity contribution in [2.75, 3.05) is 66.6 Å². The van der Waals surface area contributed by atoms with Gasteiger partial charge in [0.05, 0.1) is 19.1 Å². The van der Waals surface area contributed by atoms with Crippen LogP contribution in [-0.2, 0) is 19.7 Å². The Morgan fingerprint density at radius 3 is 2.62 bits per heavy atom. The lowest BCUT2D eigenvalue weighted by Crippen LogP contribution is -2.49. The van der Waals surface area contributed by atoms with Gasteiger partial charge in [0.15, 0.2) is 0 Å². The molecule has 1 amide bonds. The molecule has 2 fully saturated rings. The van der Waals surface area contributed by atoms with Crippen molar-refractivity contribution >= 4 is 16.1 Å². The van der Waals surface area contributed by atoms with Crippen LogP contribution in [0.3, 0.4) is 0 Å². The van der Waals surface area contributed by atoms with E-state index in [-0.39, 0.29) is 18.4 Å². The zero-order chi connectivity index (χ0) is 17.6. The first-order chi connectivity index (χ1) is 11.4. The molecule has 0 radical (unpaired) electrons. The van der Waals surface area contributed by atoms with Crippen LogP contribution in [0.5, 0.6) is 0 Å². The lowest BCUT2D eigenvalue weighted by Gasteiger charge is -2.32. The number of hydrogen-bond acceptors (Lipinski definition) is 5. The molecule has 2 saturated heterocycles. The molecule has 8 nitrogen and oxygen atoms in total. The molecule has 2 heterocycles. The molecule has 0 saturated carbocycles. The fourth-order valence-corrected chi connectivity index (χ4v) is 4.27. The molecule has 0 aromatic rings. The van der Waals surface area contributed by atoms with Crippen molar-refractivity contribution in [1.29, 1.82) is 0 Å². The summed E-state index contributed by atoms with van der Waals surface area (Å²) in [6.45, 7) is 5.82. The lowest BCUT2D eigenvalue weighted by atomic mass is 9.99. The molecule has 0 aromatic heterocycles. The fourth-order valence-electron chi connectivity index (χ4n) is 3.08. The molecule has 0 aromatic carbocycles. The van der Waals surface area contributed by atoms with E-state index >= 15 is 0 Å². The highest BCUT2D eigenvalue weighted by Gasteiger charge is 2.33. The number of nitrogens with one attached hydrogen (secondary N) is 1. The van der Waals surface area contributed by atoms with Crippen LogP contribution in [0, 0.1) is 5.92 Å². The predicted molar refractivity (Wildman–Crippen MR) is 91.8 cm³/mol. The molecule has 9 heteroatoms. The maximum absolute atomic E-state index is 12.3. The third-order valence-corrected chi connectivity index (χ3v) is 6.50. The van der Waals surface area contributed by atoms with Crippen LogP contribution in [0.4, 0.5) is 0 Å². The Hall–Kier alpha value is -0.740. The third kappa shape index (κ3) is 5.38. The van der Waals surface area contributed by atoms with Gasteiger partial charge < -0.3 is 10.1 Å². The first kappa shape index (κ1) is 19.6. The second-order valence-electron chi connectivity index (χ2n) is 6.59. The summed E-state index contributed by atoms with van der Waals surface area (Å²) in [4.78, 5) is 14.6. The first-order valence-electron chi connectivity index (χ1n) is 8.66. The maximum Gasteiger partial charge on any atom is 0.281 e. The van der Waals surface area contributed by atoms with Crippen LogP contribution < -0.4 is 5.32 Å². The van der Waals surface area contributed by atoms with Crippen LogP contribution in [0.15, 0.2) is 0 Å². The van der Waals surface area contributed by atoms with Crippen LogP contribution >= 0.6 is 0 Å². The standard InChI is InChI=1S/C15H30N4O4S/c1-17(2)24(21,22)19-8-3-5-14(13-19)15(20)16-6-4-7-18-9-11-23-12-10-18/h14H,3-13H2,1-2H3,(H,16,20). The number of ether oxygens (including phenoxy) is 1. The normalized spacial score (nSPS) is 24.2. The van der Waals surface area contributed by atoms with E-state index in [0.717, 1.165) is 52.1 Å². The van der Waals surface area contributed by atoms with Gasteiger partial charge in [0.1, 0.15) is 0 Å². The van der Waals surface area contributed by atoms with E-state index < -0.39 is 10.2 Å². The first-order valence-corrected chi connectivity index (χ1v) is 10.1. The van der Waals surface area contributed by atoms with Crippen molar-refractivity contribution < 1.29 is 17.9 Å². The smallest absolute Gasteiger partial charge is 0.281 e. The second-order valence-corrected chi connectivity index (χ2v) is 8.73. The molecule has 0 bridgehead atoms. The van der Waals surface area contributed by atoms with Crippen LogP contribution in [0.25, 0.3) is 0 Å². The Balaban J connectivity index is 1.71. The van der Waals surface area contributed by atoms with Crippen molar-refractivity contribution in [3.8, 4) is 0 Å². The molecule has 0 aliphatic carbocycles. The van der Waals surface area contributed by atoms with E-state index in [9.17, 15) is 13.2 Å². The van der Waals surface area contributed by atoms with Crippen molar-refractivity contribution in [3.63, 3.8) is 0 Å². The van der Waals surface area contributed by atoms with Crippen LogP contribution in [-0.4, -0.2) is 94.4 Å². The van der Waals surface area contributed by atoms with E-state index in [2.05, 4.69) is 10.2 Å². The Morgan fingerprint density at radius 1 is 1.25 bits per heavy atom. The van der Waals surface area contributed by atoms with Gasteiger partial charge in [0.25, 0.3) is 10.2 Å². The largest absolute Gasteiger partial charge is 0.379 e. The Morgan fingerprint density at radius 2 is 1.96 bits per heavy atom. The molecule has 1 atom stereocenters. The SMILES string of the molecule is CN(C)S(=O)(=O)N1CCCC(C(=O)NCCCN2CCOCC2)C1. The van der Waals surface area contributed by atoms with Crippen LogP contribution in [0.2, 0.25) is 0 Å². The highest BCUT2D eigenvalue weighted by molar-refractivity contribution is 7.86. The van der Waals surface area contributed by atoms with Gasteiger partial charge in [0, 0.05) is 46.8 Å². The summed E-state index contributed by atoms with van der Waals surface area (Å²) < 4.78 is 32.3. The second kappa shape index (κ2) is 9.10. The van der Waals surface area contributed by atoms with Crippen molar-refractivity contribution in [2.45, 2.75) is 19.3 Å². The van der Waals surface area contributed by atoms with Crippen molar-refractivity contribution in [1.82, 2.24) is 18.8 Å². The zero-order valence-corrected chi connectivity index (χ0v) is 15.6. The van der Waals surface area contributed by atoms with Gasteiger partial charge in [-0.25, -0.2) is 0 Å². The van der Waals surface area contributed by atoms with E-state index in [1.807, 2.05) is 0 Å². The summed E-state index contributed by atoms with van der Waals surface area (Å²) in [6.07, 6.45) is 2.37. The lowest BCUT2D eigenvalue weighted by molar-refractivity contribution is -0.126. The maximum atomic E-state index is 12.3. The Labute approximate surface area is 145 Å². The van der Waals surface area contributed by atoms with Gasteiger partial charge in [-0.2, -0.15) is 17.0 Å². The number of rotatable bonds is 7. The number of carbonyl (C=O) groups is 1.